The minimum Gasteiger partial charge on any atom is -0.399 e. The van der Waals surface area contributed by atoms with Gasteiger partial charge < -0.3 is 10.6 Å². The van der Waals surface area contributed by atoms with E-state index in [-0.39, 0.29) is 5.91 Å². The van der Waals surface area contributed by atoms with Crippen molar-refractivity contribution in [3.63, 3.8) is 0 Å². The normalized spacial score (nSPS) is 10.3. The van der Waals surface area contributed by atoms with Crippen molar-refractivity contribution >= 4 is 22.9 Å². The number of rotatable bonds is 3. The van der Waals surface area contributed by atoms with Crippen molar-refractivity contribution in [1.82, 2.24) is 9.88 Å². The number of carbonyl (C=O) groups excluding carboxylic acids is 1. The van der Waals surface area contributed by atoms with Gasteiger partial charge in [-0.05, 0) is 25.1 Å². The number of hydrogen-bond acceptors (Lipinski definition) is 4. The average Bonchev–Trinajstić information content (AvgIpc) is 2.73. The van der Waals surface area contributed by atoms with Crippen LogP contribution in [-0.4, -0.2) is 22.8 Å². The van der Waals surface area contributed by atoms with Crippen LogP contribution in [0.15, 0.2) is 30.5 Å². The zero-order valence-electron chi connectivity index (χ0n) is 10.4. The van der Waals surface area contributed by atoms with Crippen LogP contribution >= 0.6 is 11.3 Å². The third-order valence-electron chi connectivity index (χ3n) is 2.54. The highest BCUT2D eigenvalue weighted by Crippen LogP contribution is 2.15. The lowest BCUT2D eigenvalue weighted by Gasteiger charge is -2.16. The highest BCUT2D eigenvalue weighted by atomic mass is 32.1. The van der Waals surface area contributed by atoms with Gasteiger partial charge in [0, 0.05) is 29.4 Å². The molecule has 0 saturated heterocycles. The van der Waals surface area contributed by atoms with Crippen LogP contribution in [-0.2, 0) is 6.54 Å². The molecule has 0 unspecified atom stereocenters. The van der Waals surface area contributed by atoms with Crippen LogP contribution in [0.25, 0.3) is 0 Å². The number of aromatic nitrogens is 1. The summed E-state index contributed by atoms with van der Waals surface area (Å²) in [4.78, 5) is 19.1. The number of nitrogens with zero attached hydrogens (tertiary/aromatic N) is 2. The summed E-state index contributed by atoms with van der Waals surface area (Å²) in [6.45, 7) is 2.52. The van der Waals surface area contributed by atoms with Crippen LogP contribution in [0.5, 0.6) is 0 Å². The largest absolute Gasteiger partial charge is 0.399 e. The third-order valence-corrected chi connectivity index (χ3v) is 3.44. The molecule has 1 amide bonds. The number of benzene rings is 1. The highest BCUT2D eigenvalue weighted by molar-refractivity contribution is 7.11. The van der Waals surface area contributed by atoms with E-state index in [1.807, 2.05) is 13.1 Å². The number of anilines is 1. The van der Waals surface area contributed by atoms with Gasteiger partial charge in [0.05, 0.1) is 11.6 Å². The van der Waals surface area contributed by atoms with E-state index in [0.29, 0.717) is 17.8 Å². The van der Waals surface area contributed by atoms with Crippen LogP contribution in [0.3, 0.4) is 0 Å². The van der Waals surface area contributed by atoms with E-state index in [1.54, 1.807) is 47.5 Å². The molecule has 94 valence electrons. The molecular weight excluding hydrogens is 246 g/mol. The summed E-state index contributed by atoms with van der Waals surface area (Å²) in [5, 5.41) is 1.01. The molecular formula is C13H15N3OS. The SMILES string of the molecule is Cc1ncc(CN(C)C(=O)c2cccc(N)c2)s1. The summed E-state index contributed by atoms with van der Waals surface area (Å²) >= 11 is 1.60. The quantitative estimate of drug-likeness (QED) is 0.862. The van der Waals surface area contributed by atoms with Crippen molar-refractivity contribution in [3.8, 4) is 0 Å². The molecule has 5 heteroatoms. The molecule has 0 bridgehead atoms. The van der Waals surface area contributed by atoms with Crippen LogP contribution in [0.4, 0.5) is 5.69 Å². The summed E-state index contributed by atoms with van der Waals surface area (Å²) in [5.41, 5.74) is 6.88. The number of thiazole rings is 1. The second-order valence-corrected chi connectivity index (χ2v) is 5.45. The van der Waals surface area contributed by atoms with Crippen molar-refractivity contribution in [2.24, 2.45) is 0 Å². The van der Waals surface area contributed by atoms with E-state index in [0.717, 1.165) is 9.88 Å². The molecule has 0 aliphatic rings. The Morgan fingerprint density at radius 2 is 2.28 bits per heavy atom. The number of carbonyl (C=O) groups is 1. The van der Waals surface area contributed by atoms with Crippen molar-refractivity contribution in [3.05, 3.63) is 45.9 Å². The Morgan fingerprint density at radius 1 is 1.50 bits per heavy atom. The fourth-order valence-electron chi connectivity index (χ4n) is 1.68. The molecule has 1 aromatic carbocycles. The monoisotopic (exact) mass is 261 g/mol. The Hall–Kier alpha value is -1.88. The van der Waals surface area contributed by atoms with Gasteiger partial charge in [0.2, 0.25) is 0 Å². The zero-order chi connectivity index (χ0) is 13.1. The first-order valence-corrected chi connectivity index (χ1v) is 6.40. The van der Waals surface area contributed by atoms with E-state index >= 15 is 0 Å². The lowest BCUT2D eigenvalue weighted by molar-refractivity contribution is 0.0786. The second kappa shape index (κ2) is 5.18. The number of hydrogen-bond donors (Lipinski definition) is 1. The standard InChI is InChI=1S/C13H15N3OS/c1-9-15-7-12(18-9)8-16(2)13(17)10-4-3-5-11(14)6-10/h3-7H,8,14H2,1-2H3. The molecule has 18 heavy (non-hydrogen) atoms. The van der Waals surface area contributed by atoms with Gasteiger partial charge in [0.15, 0.2) is 0 Å². The fraction of sp³-hybridized carbons (Fsp3) is 0.231. The maximum atomic E-state index is 12.2. The lowest BCUT2D eigenvalue weighted by atomic mass is 10.2. The van der Waals surface area contributed by atoms with Crippen molar-refractivity contribution in [2.45, 2.75) is 13.5 Å². The van der Waals surface area contributed by atoms with Gasteiger partial charge in [-0.3, -0.25) is 4.79 Å². The molecule has 0 saturated carbocycles. The first-order chi connectivity index (χ1) is 8.56. The maximum Gasteiger partial charge on any atom is 0.253 e. The van der Waals surface area contributed by atoms with E-state index in [9.17, 15) is 4.79 Å². The molecule has 2 aromatic rings. The summed E-state index contributed by atoms with van der Waals surface area (Å²) in [6.07, 6.45) is 1.81. The fourth-order valence-corrected chi connectivity index (χ4v) is 2.52. The lowest BCUT2D eigenvalue weighted by Crippen LogP contribution is -2.25. The summed E-state index contributed by atoms with van der Waals surface area (Å²) in [6, 6.07) is 7.01. The molecule has 1 heterocycles. The summed E-state index contributed by atoms with van der Waals surface area (Å²) in [5.74, 6) is -0.0339. The molecule has 0 atom stereocenters. The zero-order valence-corrected chi connectivity index (χ0v) is 11.2. The minimum absolute atomic E-state index is 0.0339. The number of aryl methyl sites for hydroxylation is 1. The Balaban J connectivity index is 2.09. The van der Waals surface area contributed by atoms with Gasteiger partial charge in [-0.15, -0.1) is 11.3 Å². The van der Waals surface area contributed by atoms with Crippen LogP contribution in [0.2, 0.25) is 0 Å². The topological polar surface area (TPSA) is 59.2 Å². The highest BCUT2D eigenvalue weighted by Gasteiger charge is 2.13. The molecule has 2 rings (SSSR count). The summed E-state index contributed by atoms with van der Waals surface area (Å²) < 4.78 is 0. The van der Waals surface area contributed by atoms with Gasteiger partial charge in [0.1, 0.15) is 0 Å². The van der Waals surface area contributed by atoms with E-state index in [2.05, 4.69) is 4.98 Å². The molecule has 0 spiro atoms. The first kappa shape index (κ1) is 12.6. The van der Waals surface area contributed by atoms with Crippen LogP contribution in [0, 0.1) is 6.92 Å². The van der Waals surface area contributed by atoms with Gasteiger partial charge in [0.25, 0.3) is 5.91 Å². The third kappa shape index (κ3) is 2.87. The van der Waals surface area contributed by atoms with Crippen molar-refractivity contribution < 1.29 is 4.79 Å². The summed E-state index contributed by atoms with van der Waals surface area (Å²) in [7, 11) is 1.78. The number of nitrogens with two attached hydrogens (primary N) is 1. The maximum absolute atomic E-state index is 12.2. The molecule has 0 aliphatic carbocycles. The predicted molar refractivity (Wildman–Crippen MR) is 73.5 cm³/mol. The number of amides is 1. The van der Waals surface area contributed by atoms with Gasteiger partial charge >= 0.3 is 0 Å². The molecule has 0 fully saturated rings. The van der Waals surface area contributed by atoms with Gasteiger partial charge in [-0.1, -0.05) is 6.07 Å². The minimum atomic E-state index is -0.0339. The van der Waals surface area contributed by atoms with Crippen molar-refractivity contribution in [2.75, 3.05) is 12.8 Å². The van der Waals surface area contributed by atoms with Crippen molar-refractivity contribution in [1.29, 1.82) is 0 Å². The second-order valence-electron chi connectivity index (χ2n) is 4.13. The Bertz CT molecular complexity index is 565. The van der Waals surface area contributed by atoms with Crippen LogP contribution < -0.4 is 5.73 Å². The molecule has 2 N–H and O–H groups in total. The molecule has 0 aliphatic heterocycles. The van der Waals surface area contributed by atoms with E-state index in [4.69, 9.17) is 5.73 Å². The van der Waals surface area contributed by atoms with Gasteiger partial charge in [-0.25, -0.2) is 4.98 Å². The van der Waals surface area contributed by atoms with Gasteiger partial charge in [-0.2, -0.15) is 0 Å². The van der Waals surface area contributed by atoms with E-state index in [1.165, 1.54) is 0 Å². The Kier molecular flexibility index (Phi) is 3.62. The predicted octanol–water partition coefficient (Wildman–Crippen LogP) is 2.31. The molecule has 4 nitrogen and oxygen atoms in total. The molecule has 0 radical (unpaired) electrons. The number of nitrogen functional groups attached to an aromatic ring is 1. The van der Waals surface area contributed by atoms with Crippen LogP contribution in [0.1, 0.15) is 20.2 Å². The smallest absolute Gasteiger partial charge is 0.253 e. The first-order valence-electron chi connectivity index (χ1n) is 5.58. The average molecular weight is 261 g/mol. The Morgan fingerprint density at radius 3 is 2.89 bits per heavy atom. The Labute approximate surface area is 110 Å². The molecule has 1 aromatic heterocycles. The van der Waals surface area contributed by atoms with E-state index < -0.39 is 0 Å².